The SMILES string of the molecule is C#CCCN.C#CCCNc1cc(C)nc(Cl)c1C#N.C#CCCNc1cc(N)ncc1C#N.C#CCCNc1cc(NC(=O)N2CCCc3cc(CN4CCN(C)CC4=O)c(C(CO)OC)nc32)ncc1C#N.COC(CO)c1nc2c(cc1CN1CCN(C)CC1=O)CCCN2C(=O)Oc1ccc([N+](=O)[O-])cc1.Cc1cc(Cl)c(C#N)cn1.Cl.Cl.[C-]#[N+]c1cnc(N)cc1NCCC#C. The number of nitro groups is 1. The van der Waals surface area contributed by atoms with Crippen molar-refractivity contribution in [2.45, 2.75) is 96.9 Å². The van der Waals surface area contributed by atoms with Gasteiger partial charge in [-0.3, -0.25) is 54.6 Å². The Labute approximate surface area is 813 Å². The van der Waals surface area contributed by atoms with E-state index in [0.29, 0.717) is 227 Å². The number of hydrogen-bond acceptors (Lipinski definition) is 31. The number of nitriles is 4. The van der Waals surface area contributed by atoms with Crippen molar-refractivity contribution < 1.29 is 48.5 Å². The summed E-state index contributed by atoms with van der Waals surface area (Å²) in [5.74, 6) is 14.6. The van der Waals surface area contributed by atoms with Crippen LogP contribution in [0.15, 0.2) is 91.5 Å². The van der Waals surface area contributed by atoms with E-state index < -0.39 is 29.3 Å². The largest absolute Gasteiger partial charge is 0.420 e. The number of anilines is 9. The van der Waals surface area contributed by atoms with Crippen molar-refractivity contribution >= 4 is 135 Å². The fourth-order valence-electron chi connectivity index (χ4n) is 13.0. The average Bonchev–Trinajstić information content (AvgIpc) is 0.776. The second-order valence-corrected chi connectivity index (χ2v) is 30.3. The Kier molecular flexibility index (Phi) is 50.3. The van der Waals surface area contributed by atoms with E-state index in [9.17, 15) is 44.8 Å². The van der Waals surface area contributed by atoms with Crippen molar-refractivity contribution in [3.63, 3.8) is 0 Å². The maximum Gasteiger partial charge on any atom is 0.420 e. The first-order chi connectivity index (χ1) is 64.6. The summed E-state index contributed by atoms with van der Waals surface area (Å²) in [4.78, 5) is 105. The number of terminal acetylenes is 5. The third-order valence-corrected chi connectivity index (χ3v) is 20.4. The zero-order chi connectivity index (χ0) is 98.2. The van der Waals surface area contributed by atoms with E-state index in [4.69, 9.17) is 119 Å². The van der Waals surface area contributed by atoms with Crippen LogP contribution in [0.25, 0.3) is 4.85 Å². The van der Waals surface area contributed by atoms with Crippen LogP contribution in [0.1, 0.15) is 124 Å². The number of rotatable bonds is 26. The van der Waals surface area contributed by atoms with Gasteiger partial charge in [-0.15, -0.1) is 86.5 Å². The highest BCUT2D eigenvalue weighted by Gasteiger charge is 2.34. The predicted molar refractivity (Wildman–Crippen MR) is 527 cm³/mol. The molecule has 42 heteroatoms. The second-order valence-electron chi connectivity index (χ2n) is 29.5. The number of nitrogen functional groups attached to an aromatic ring is 2. The molecule has 136 heavy (non-hydrogen) atoms. The number of carbonyl (C=O) groups is 4. The lowest BCUT2D eigenvalue weighted by Gasteiger charge is -2.34. The molecule has 5 amide bonds. The molecule has 2 saturated heterocycles. The topological polar surface area (TPSA) is 527 Å². The number of piperazine rings is 2. The summed E-state index contributed by atoms with van der Waals surface area (Å²) >= 11 is 11.5. The summed E-state index contributed by atoms with van der Waals surface area (Å²) in [7, 11) is 6.77. The average molecular weight is 1930 g/mol. The van der Waals surface area contributed by atoms with Crippen LogP contribution >= 0.6 is 48.0 Å². The van der Waals surface area contributed by atoms with E-state index in [2.05, 4.69) is 92.0 Å². The Hall–Kier alpha value is -14.9. The van der Waals surface area contributed by atoms with Crippen LogP contribution in [0, 0.1) is 138 Å². The quantitative estimate of drug-likeness (QED) is 0.00601. The molecule has 4 aliphatic heterocycles. The molecule has 11 heterocycles. The van der Waals surface area contributed by atoms with Gasteiger partial charge in [-0.2, -0.15) is 21.0 Å². The van der Waals surface area contributed by atoms with Crippen molar-refractivity contribution in [2.75, 3.05) is 174 Å². The van der Waals surface area contributed by atoms with E-state index >= 15 is 0 Å². The predicted octanol–water partition coefficient (Wildman–Crippen LogP) is 11.3. The molecule has 0 bridgehead atoms. The number of benzene rings is 1. The van der Waals surface area contributed by atoms with Crippen molar-refractivity contribution in [1.82, 2.24) is 54.5 Å². The van der Waals surface area contributed by atoms with Crippen LogP contribution in [0.2, 0.25) is 10.2 Å². The number of aliphatic hydroxyl groups is 2. The number of aromatic nitrogens is 7. The van der Waals surface area contributed by atoms with Gasteiger partial charge >= 0.3 is 12.1 Å². The molecule has 13 N–H and O–H groups in total. The lowest BCUT2D eigenvalue weighted by Crippen LogP contribution is -2.48. The van der Waals surface area contributed by atoms with Gasteiger partial charge in [0.15, 0.2) is 0 Å². The molecule has 1 aromatic carbocycles. The molecule has 0 radical (unpaired) electrons. The van der Waals surface area contributed by atoms with Gasteiger partial charge in [0.1, 0.15) is 82.0 Å². The highest BCUT2D eigenvalue weighted by molar-refractivity contribution is 6.31. The number of non-ortho nitro benzene ring substituents is 1. The maximum atomic E-state index is 13.4. The number of nitro benzene ring substituents is 1. The maximum absolute atomic E-state index is 13.4. The lowest BCUT2D eigenvalue weighted by atomic mass is 9.99. The van der Waals surface area contributed by atoms with Crippen LogP contribution in [0.4, 0.5) is 72.8 Å². The summed E-state index contributed by atoms with van der Waals surface area (Å²) in [6, 6.07) is 25.0. The number of aryl methyl sites for hydroxylation is 4. The van der Waals surface area contributed by atoms with Crippen LogP contribution in [0.5, 0.6) is 5.75 Å². The zero-order valence-electron chi connectivity index (χ0n) is 76.0. The van der Waals surface area contributed by atoms with Crippen LogP contribution in [-0.4, -0.2) is 220 Å². The van der Waals surface area contributed by atoms with Gasteiger partial charge in [0.05, 0.1) is 88.0 Å². The Morgan fingerprint density at radius 2 is 1.05 bits per heavy atom. The van der Waals surface area contributed by atoms with E-state index in [0.717, 1.165) is 53.2 Å². The molecule has 0 saturated carbocycles. The number of ether oxygens (including phenoxy) is 3. The number of hydrogen-bond donors (Lipinski definition) is 10. The number of likely N-dealkylation sites (N-methyl/N-ethyl adjacent to an activating group) is 2. The minimum absolute atomic E-state index is 0. The first-order valence-electron chi connectivity index (χ1n) is 41.8. The lowest BCUT2D eigenvalue weighted by molar-refractivity contribution is -0.384. The zero-order valence-corrected chi connectivity index (χ0v) is 79.1. The fraction of sp³-hybridized carbons (Fsp3) is 0.362. The minimum atomic E-state index is -0.734. The molecule has 7 aromatic heterocycles. The van der Waals surface area contributed by atoms with Gasteiger partial charge in [-0.1, -0.05) is 23.2 Å². The summed E-state index contributed by atoms with van der Waals surface area (Å²) < 4.78 is 16.4. The number of fused-ring (bicyclic) bond motifs is 2. The number of nitrogens with two attached hydrogens (primary N) is 3. The van der Waals surface area contributed by atoms with Gasteiger partial charge in [-0.05, 0) is 118 Å². The number of pyridine rings is 7. The smallest absolute Gasteiger partial charge is 0.410 e. The van der Waals surface area contributed by atoms with Crippen molar-refractivity contribution in [3.05, 3.63) is 191 Å². The number of urea groups is 1. The van der Waals surface area contributed by atoms with Crippen LogP contribution in [-0.2, 0) is 45.0 Å². The van der Waals surface area contributed by atoms with E-state index in [1.807, 2.05) is 68.1 Å². The Morgan fingerprint density at radius 1 is 0.596 bits per heavy atom. The van der Waals surface area contributed by atoms with E-state index in [1.54, 1.807) is 45.0 Å². The highest BCUT2D eigenvalue weighted by Crippen LogP contribution is 2.36. The normalized spacial score (nSPS) is 12.9. The van der Waals surface area contributed by atoms with Crippen molar-refractivity contribution in [2.24, 2.45) is 5.73 Å². The number of halogens is 4. The van der Waals surface area contributed by atoms with Gasteiger partial charge in [0.2, 0.25) is 17.5 Å². The molecular formula is C94H107Cl4N27O11. The van der Waals surface area contributed by atoms with Gasteiger partial charge in [0.25, 0.3) is 5.69 Å². The summed E-state index contributed by atoms with van der Waals surface area (Å²) in [5, 5.41) is 82.0. The number of carbonyl (C=O) groups excluding carboxylic acids is 4. The molecule has 12 rings (SSSR count). The fourth-order valence-corrected chi connectivity index (χ4v) is 13.6. The summed E-state index contributed by atoms with van der Waals surface area (Å²) in [6.45, 7) is 17.7. The number of nitrogens with one attached hydrogen (secondary N) is 5. The molecule has 2 unspecified atom stereocenters. The molecule has 2 fully saturated rings. The molecule has 4 aliphatic rings. The second kappa shape index (κ2) is 60.3. The van der Waals surface area contributed by atoms with Crippen molar-refractivity contribution in [1.29, 1.82) is 21.0 Å². The molecular weight excluding hydrogens is 1830 g/mol. The molecule has 2 atom stereocenters. The first-order valence-corrected chi connectivity index (χ1v) is 42.5. The van der Waals surface area contributed by atoms with Gasteiger partial charge < -0.3 is 72.7 Å². The Morgan fingerprint density at radius 3 is 1.49 bits per heavy atom. The Balaban J connectivity index is 0.000000362. The summed E-state index contributed by atoms with van der Waals surface area (Å²) in [6.07, 6.45) is 34.9. The molecule has 8 aromatic rings. The molecule has 0 spiro atoms. The van der Waals surface area contributed by atoms with Crippen LogP contribution < -0.4 is 58.3 Å². The standard InChI is InChI=1S/C28H34N8O4.C24H29N5O7.C11H10ClN3.2C10H10N4.C7H5ClN2.C4H7N.2ClH/c1-4-5-8-30-22-13-24(31-15-21(22)14-29)32-28(39)36-9-6-7-19-12-20(16-35-11-10-34(2)17-25(35)38)26(33-27(19)36)23(18-37)40-3;1-26-10-11-27(21(31)14-26)13-17-12-16-4-3-9-28(23(16)25-22(17)20(15-30)35-2)24(32)36-19-7-5-18(6-8-19)29(33)34;1-3-4-5-14-10-6-8(2)15-11(12)9(10)7-13;1-3-4-5-13-8-6-10(11)14-7-9(8)12-2;1-2-3-4-13-9-5-10(12)14-7-8(9)6-11;1-5-2-7(8)6(3-9)4-10-5;1-2-3-4-5;;/h1,12-13,15,23,37H,5-11,16-18H2,2-3H3,(H2,30,31,32,39);5-8,12,20,30H,3-4,9-11,13-15H2,1-2H3;1,6H,4-5H2,2H3,(H,14,15);1,6-7H,4-5H2,(H3,11,13,14);1,5,7H,3-4H2,(H3,12,13,14);2,4H,1H3;1H,3-5H2;2*1H. The first kappa shape index (κ1) is 113. The van der Waals surface area contributed by atoms with Gasteiger partial charge in [-0.25, -0.2) is 39.4 Å². The number of methoxy groups -OCH3 is 2. The molecule has 0 aliphatic carbocycles. The molecule has 712 valence electrons. The highest BCUT2D eigenvalue weighted by atomic mass is 35.5. The van der Waals surface area contributed by atoms with Crippen molar-refractivity contribution in [3.8, 4) is 91.7 Å². The summed E-state index contributed by atoms with van der Waals surface area (Å²) in [5.41, 5.74) is 26.3. The third-order valence-electron chi connectivity index (χ3n) is 19.8. The van der Waals surface area contributed by atoms with Crippen LogP contribution in [0.3, 0.4) is 0 Å². The third kappa shape index (κ3) is 35.2. The van der Waals surface area contributed by atoms with E-state index in [-0.39, 0.29) is 72.3 Å². The number of nitrogens with zero attached hydrogens (tertiary/aromatic N) is 19. The molecule has 38 nitrogen and oxygen atoms in total. The number of amides is 5. The monoisotopic (exact) mass is 1930 g/mol. The van der Waals surface area contributed by atoms with E-state index in [1.165, 1.54) is 68.2 Å². The Bertz CT molecular complexity index is 5760. The van der Waals surface area contributed by atoms with Gasteiger partial charge in [0, 0.05) is 198 Å². The minimum Gasteiger partial charge on any atom is -0.410 e. The number of aliphatic hydroxyl groups excluding tert-OH is 2.